The number of aliphatic hydroxyl groups excluding tert-OH is 1. The van der Waals surface area contributed by atoms with Crippen molar-refractivity contribution in [1.29, 1.82) is 0 Å². The molecule has 1 fully saturated rings. The number of rotatable bonds is 5. The van der Waals surface area contributed by atoms with E-state index in [9.17, 15) is 9.50 Å². The molecule has 0 bridgehead atoms. The minimum atomic E-state index is -0.561. The van der Waals surface area contributed by atoms with Crippen LogP contribution in [0.15, 0.2) is 18.2 Å². The van der Waals surface area contributed by atoms with Gasteiger partial charge in [-0.1, -0.05) is 17.7 Å². The summed E-state index contributed by atoms with van der Waals surface area (Å²) in [5.41, 5.74) is 0.826. The molecule has 0 spiro atoms. The SMILES string of the molecule is COC(C(O)Cc1ccc(F)c(Cl)c1)C1CC1. The minimum absolute atomic E-state index is 0.0927. The predicted octanol–water partition coefficient (Wildman–Crippen LogP) is 2.81. The van der Waals surface area contributed by atoms with Crippen molar-refractivity contribution in [2.75, 3.05) is 7.11 Å². The molecule has 0 amide bonds. The van der Waals surface area contributed by atoms with E-state index in [2.05, 4.69) is 0 Å². The third kappa shape index (κ3) is 3.18. The first kappa shape index (κ1) is 12.8. The highest BCUT2D eigenvalue weighted by Crippen LogP contribution is 2.36. The number of methoxy groups -OCH3 is 1. The molecule has 0 heterocycles. The number of halogens is 2. The summed E-state index contributed by atoms with van der Waals surface area (Å²) < 4.78 is 18.3. The zero-order valence-corrected chi connectivity index (χ0v) is 10.5. The molecular weight excluding hydrogens is 243 g/mol. The highest BCUT2D eigenvalue weighted by molar-refractivity contribution is 6.30. The lowest BCUT2D eigenvalue weighted by Crippen LogP contribution is -2.31. The zero-order chi connectivity index (χ0) is 12.4. The van der Waals surface area contributed by atoms with Crippen molar-refractivity contribution in [3.63, 3.8) is 0 Å². The largest absolute Gasteiger partial charge is 0.390 e. The summed E-state index contributed by atoms with van der Waals surface area (Å²) in [5.74, 6) is 0.0290. The van der Waals surface area contributed by atoms with Gasteiger partial charge in [-0.15, -0.1) is 0 Å². The molecule has 1 N–H and O–H groups in total. The standard InChI is InChI=1S/C13H16ClFO2/c1-17-13(9-3-4-9)12(16)7-8-2-5-11(15)10(14)6-8/h2,5-6,9,12-13,16H,3-4,7H2,1H3. The van der Waals surface area contributed by atoms with Gasteiger partial charge in [0.25, 0.3) is 0 Å². The molecule has 94 valence electrons. The Kier molecular flexibility index (Phi) is 4.02. The number of hydrogen-bond donors (Lipinski definition) is 1. The lowest BCUT2D eigenvalue weighted by Gasteiger charge is -2.21. The Morgan fingerprint density at radius 3 is 2.76 bits per heavy atom. The van der Waals surface area contributed by atoms with E-state index in [-0.39, 0.29) is 11.1 Å². The highest BCUT2D eigenvalue weighted by Gasteiger charge is 2.36. The Hall–Kier alpha value is -0.640. The van der Waals surface area contributed by atoms with Crippen molar-refractivity contribution >= 4 is 11.6 Å². The predicted molar refractivity (Wildman–Crippen MR) is 64.6 cm³/mol. The van der Waals surface area contributed by atoms with Gasteiger partial charge in [0.1, 0.15) is 5.82 Å². The van der Waals surface area contributed by atoms with Crippen molar-refractivity contribution in [2.45, 2.75) is 31.5 Å². The second-order valence-electron chi connectivity index (χ2n) is 4.56. The van der Waals surface area contributed by atoms with E-state index in [0.29, 0.717) is 12.3 Å². The maximum absolute atomic E-state index is 13.0. The Morgan fingerprint density at radius 1 is 1.53 bits per heavy atom. The van der Waals surface area contributed by atoms with E-state index < -0.39 is 11.9 Å². The van der Waals surface area contributed by atoms with E-state index in [1.807, 2.05) is 0 Å². The van der Waals surface area contributed by atoms with Crippen LogP contribution in [0.1, 0.15) is 18.4 Å². The van der Waals surface area contributed by atoms with Crippen molar-refractivity contribution in [3.05, 3.63) is 34.6 Å². The van der Waals surface area contributed by atoms with E-state index in [1.165, 1.54) is 6.07 Å². The molecule has 2 nitrogen and oxygen atoms in total. The van der Waals surface area contributed by atoms with Crippen LogP contribution in [0.25, 0.3) is 0 Å². The number of hydrogen-bond acceptors (Lipinski definition) is 2. The first-order chi connectivity index (χ1) is 8.11. The molecule has 1 saturated carbocycles. The fourth-order valence-electron chi connectivity index (χ4n) is 2.11. The van der Waals surface area contributed by atoms with Crippen molar-refractivity contribution < 1.29 is 14.2 Å². The number of aliphatic hydroxyl groups is 1. The van der Waals surface area contributed by atoms with Crippen LogP contribution < -0.4 is 0 Å². The second kappa shape index (κ2) is 5.34. The van der Waals surface area contributed by atoms with Crippen LogP contribution in [0.3, 0.4) is 0 Å². The maximum Gasteiger partial charge on any atom is 0.141 e. The van der Waals surface area contributed by atoms with Crippen LogP contribution in [0.5, 0.6) is 0 Å². The Morgan fingerprint density at radius 2 is 2.24 bits per heavy atom. The van der Waals surface area contributed by atoms with E-state index in [0.717, 1.165) is 18.4 Å². The number of ether oxygens (including phenoxy) is 1. The molecule has 0 radical (unpaired) electrons. The van der Waals surface area contributed by atoms with Crippen molar-refractivity contribution in [2.24, 2.45) is 5.92 Å². The fraction of sp³-hybridized carbons (Fsp3) is 0.538. The minimum Gasteiger partial charge on any atom is -0.390 e. The van der Waals surface area contributed by atoms with Crippen LogP contribution in [-0.4, -0.2) is 24.4 Å². The molecule has 1 aromatic carbocycles. The lowest BCUT2D eigenvalue weighted by atomic mass is 10.0. The quantitative estimate of drug-likeness (QED) is 0.880. The summed E-state index contributed by atoms with van der Waals surface area (Å²) in [7, 11) is 1.61. The van der Waals surface area contributed by atoms with Gasteiger partial charge >= 0.3 is 0 Å². The van der Waals surface area contributed by atoms with E-state index in [1.54, 1.807) is 19.2 Å². The molecule has 1 aliphatic carbocycles. The van der Waals surface area contributed by atoms with E-state index in [4.69, 9.17) is 16.3 Å². The second-order valence-corrected chi connectivity index (χ2v) is 4.96. The van der Waals surface area contributed by atoms with Crippen LogP contribution in [-0.2, 0) is 11.2 Å². The first-order valence-electron chi connectivity index (χ1n) is 5.76. The molecule has 2 atom stereocenters. The molecule has 17 heavy (non-hydrogen) atoms. The monoisotopic (exact) mass is 258 g/mol. The molecule has 0 aromatic heterocycles. The maximum atomic E-state index is 13.0. The first-order valence-corrected chi connectivity index (χ1v) is 6.14. The van der Waals surface area contributed by atoms with Crippen LogP contribution in [0.4, 0.5) is 4.39 Å². The Balaban J connectivity index is 2.01. The fourth-order valence-corrected chi connectivity index (χ4v) is 2.32. The zero-order valence-electron chi connectivity index (χ0n) is 9.70. The van der Waals surface area contributed by atoms with Crippen LogP contribution in [0, 0.1) is 11.7 Å². The molecule has 0 saturated heterocycles. The summed E-state index contributed by atoms with van der Waals surface area (Å²) in [4.78, 5) is 0. The molecule has 4 heteroatoms. The normalized spacial score (nSPS) is 19.1. The van der Waals surface area contributed by atoms with Crippen LogP contribution >= 0.6 is 11.6 Å². The molecule has 2 rings (SSSR count). The van der Waals surface area contributed by atoms with Gasteiger partial charge in [0.05, 0.1) is 17.2 Å². The van der Waals surface area contributed by atoms with Gasteiger partial charge in [0.15, 0.2) is 0 Å². The average Bonchev–Trinajstić information content (AvgIpc) is 3.09. The van der Waals surface area contributed by atoms with Gasteiger partial charge in [-0.2, -0.15) is 0 Å². The molecule has 2 unspecified atom stereocenters. The third-order valence-corrected chi connectivity index (χ3v) is 3.46. The Bertz CT molecular complexity index is 393. The molecule has 1 aromatic rings. The summed E-state index contributed by atoms with van der Waals surface area (Å²) >= 11 is 5.70. The van der Waals surface area contributed by atoms with Crippen LogP contribution in [0.2, 0.25) is 5.02 Å². The van der Waals surface area contributed by atoms with Gasteiger partial charge in [0.2, 0.25) is 0 Å². The van der Waals surface area contributed by atoms with Gasteiger partial charge in [-0.05, 0) is 36.5 Å². The van der Waals surface area contributed by atoms with E-state index >= 15 is 0 Å². The van der Waals surface area contributed by atoms with Crippen molar-refractivity contribution in [3.8, 4) is 0 Å². The molecular formula is C13H16ClFO2. The van der Waals surface area contributed by atoms with Gasteiger partial charge < -0.3 is 9.84 Å². The van der Waals surface area contributed by atoms with Gasteiger partial charge in [-0.25, -0.2) is 4.39 Å². The lowest BCUT2D eigenvalue weighted by molar-refractivity contribution is -0.0237. The molecule has 0 aliphatic heterocycles. The summed E-state index contributed by atoms with van der Waals surface area (Å²) in [6.07, 6.45) is 1.97. The molecule has 1 aliphatic rings. The summed E-state index contributed by atoms with van der Waals surface area (Å²) in [6, 6.07) is 4.52. The third-order valence-electron chi connectivity index (χ3n) is 3.17. The smallest absolute Gasteiger partial charge is 0.141 e. The summed E-state index contributed by atoms with van der Waals surface area (Å²) in [5, 5.41) is 10.2. The van der Waals surface area contributed by atoms with Gasteiger partial charge in [0, 0.05) is 13.5 Å². The average molecular weight is 259 g/mol. The number of benzene rings is 1. The van der Waals surface area contributed by atoms with Gasteiger partial charge in [-0.3, -0.25) is 0 Å². The van der Waals surface area contributed by atoms with Crippen molar-refractivity contribution in [1.82, 2.24) is 0 Å². The topological polar surface area (TPSA) is 29.5 Å². The highest BCUT2D eigenvalue weighted by atomic mass is 35.5. The Labute approximate surface area is 105 Å². The summed E-state index contributed by atoms with van der Waals surface area (Å²) in [6.45, 7) is 0.